The van der Waals surface area contributed by atoms with E-state index in [2.05, 4.69) is 37.9 Å². The van der Waals surface area contributed by atoms with E-state index in [1.165, 1.54) is 19.3 Å². The Morgan fingerprint density at radius 1 is 1.25 bits per heavy atom. The van der Waals surface area contributed by atoms with Crippen LogP contribution in [0.15, 0.2) is 22.0 Å². The van der Waals surface area contributed by atoms with Crippen LogP contribution in [0.25, 0.3) is 0 Å². The lowest BCUT2D eigenvalue weighted by Gasteiger charge is -2.32. The van der Waals surface area contributed by atoms with Gasteiger partial charge in [-0.15, -0.1) is 11.8 Å². The number of phenols is 1. The molecule has 0 fully saturated rings. The number of aryl methyl sites for hydroxylation is 1. The zero-order valence-electron chi connectivity index (χ0n) is 15.4. The molecule has 134 valence electrons. The zero-order chi connectivity index (χ0) is 17.7. The Kier molecular flexibility index (Phi) is 6.76. The van der Waals surface area contributed by atoms with Gasteiger partial charge in [0.25, 0.3) is 0 Å². The molecule has 4 heteroatoms. The molecular formula is C20H31NO2S. The molecule has 0 saturated carbocycles. The molecule has 2 rings (SSSR count). The van der Waals surface area contributed by atoms with E-state index in [0.29, 0.717) is 12.3 Å². The summed E-state index contributed by atoms with van der Waals surface area (Å²) in [5, 5.41) is 20.4. The van der Waals surface area contributed by atoms with Crippen LogP contribution in [0.3, 0.4) is 0 Å². The van der Waals surface area contributed by atoms with Gasteiger partial charge in [0, 0.05) is 21.8 Å². The number of aromatic hydroxyl groups is 1. The Hall–Kier alpha value is -1.000. The number of thioether (sulfide) groups is 1. The molecular weight excluding hydrogens is 318 g/mol. The van der Waals surface area contributed by atoms with E-state index in [9.17, 15) is 10.2 Å². The summed E-state index contributed by atoms with van der Waals surface area (Å²) in [6.45, 7) is 8.75. The Morgan fingerprint density at radius 3 is 2.67 bits per heavy atom. The second-order valence-electron chi connectivity index (χ2n) is 7.43. The first-order valence-electron chi connectivity index (χ1n) is 9.09. The largest absolute Gasteiger partial charge is 0.507 e. The highest BCUT2D eigenvalue weighted by molar-refractivity contribution is 8.00. The first kappa shape index (κ1) is 19.3. The van der Waals surface area contributed by atoms with Crippen LogP contribution in [0.5, 0.6) is 5.75 Å². The van der Waals surface area contributed by atoms with Crippen LogP contribution in [0.2, 0.25) is 0 Å². The van der Waals surface area contributed by atoms with Gasteiger partial charge in [-0.25, -0.2) is 0 Å². The number of aliphatic hydroxyl groups excluding tert-OH is 1. The molecule has 0 radical (unpaired) electrons. The number of fused-ring (bicyclic) bond motifs is 1. The molecule has 1 aromatic rings. The Bertz CT molecular complexity index is 594. The first-order chi connectivity index (χ1) is 11.3. The average molecular weight is 350 g/mol. The van der Waals surface area contributed by atoms with Crippen molar-refractivity contribution >= 4 is 17.5 Å². The predicted molar refractivity (Wildman–Crippen MR) is 104 cm³/mol. The van der Waals surface area contributed by atoms with Crippen LogP contribution in [0, 0.1) is 0 Å². The molecule has 0 amide bonds. The maximum Gasteiger partial charge on any atom is 0.128 e. The minimum Gasteiger partial charge on any atom is -0.507 e. The topological polar surface area (TPSA) is 52.8 Å². The van der Waals surface area contributed by atoms with Gasteiger partial charge in [-0.05, 0) is 45.2 Å². The first-order valence-corrected chi connectivity index (χ1v) is 9.91. The Balaban J connectivity index is 2.31. The summed E-state index contributed by atoms with van der Waals surface area (Å²) in [5.41, 5.74) is 2.85. The number of nitrogens with zero attached hydrogens (tertiary/aromatic N) is 1. The second-order valence-corrected chi connectivity index (χ2v) is 9.18. The fourth-order valence-electron chi connectivity index (χ4n) is 3.13. The normalized spacial score (nSPS) is 19.3. The lowest BCUT2D eigenvalue weighted by Crippen LogP contribution is -2.27. The third-order valence-corrected chi connectivity index (χ3v) is 5.59. The van der Waals surface area contributed by atoms with Crippen LogP contribution in [0.4, 0.5) is 0 Å². The molecule has 1 atom stereocenters. The molecule has 24 heavy (non-hydrogen) atoms. The number of aliphatic hydroxyl groups is 1. The van der Waals surface area contributed by atoms with E-state index in [0.717, 1.165) is 41.0 Å². The van der Waals surface area contributed by atoms with Gasteiger partial charge in [0.1, 0.15) is 5.75 Å². The zero-order valence-corrected chi connectivity index (χ0v) is 16.2. The standard InChI is InChI=1S/C20H31NO2S/c1-5-6-7-8-9-15-10-11-17-18(19(15)23)16(21-13-14(2)22)12-20(3,4)24-17/h10-11,14,22-23H,5-9,12-13H2,1-4H3. The van der Waals surface area contributed by atoms with Crippen LogP contribution >= 0.6 is 11.8 Å². The van der Waals surface area contributed by atoms with Crippen LogP contribution in [0.1, 0.15) is 70.9 Å². The molecule has 1 aliphatic rings. The van der Waals surface area contributed by atoms with Gasteiger partial charge in [-0.1, -0.05) is 32.3 Å². The summed E-state index contributed by atoms with van der Waals surface area (Å²) in [7, 11) is 0. The van der Waals surface area contributed by atoms with Crippen molar-refractivity contribution < 1.29 is 10.2 Å². The smallest absolute Gasteiger partial charge is 0.128 e. The van der Waals surface area contributed by atoms with E-state index in [4.69, 9.17) is 0 Å². The Morgan fingerprint density at radius 2 is 2.00 bits per heavy atom. The van der Waals surface area contributed by atoms with Gasteiger partial charge in [-0.2, -0.15) is 0 Å². The number of benzene rings is 1. The molecule has 0 aromatic heterocycles. The van der Waals surface area contributed by atoms with E-state index in [-0.39, 0.29) is 4.75 Å². The van der Waals surface area contributed by atoms with Gasteiger partial charge < -0.3 is 10.2 Å². The SMILES string of the molecule is CCCCCCc1ccc2c(c1O)C(=NCC(C)O)CC(C)(C)S2. The molecule has 1 unspecified atom stereocenters. The van der Waals surface area contributed by atoms with E-state index < -0.39 is 6.10 Å². The van der Waals surface area contributed by atoms with Gasteiger partial charge >= 0.3 is 0 Å². The number of hydrogen-bond acceptors (Lipinski definition) is 4. The molecule has 1 aromatic carbocycles. The minimum absolute atomic E-state index is 0.0552. The van der Waals surface area contributed by atoms with Crippen molar-refractivity contribution in [2.75, 3.05) is 6.54 Å². The fourth-order valence-corrected chi connectivity index (χ4v) is 4.38. The summed E-state index contributed by atoms with van der Waals surface area (Å²) >= 11 is 1.80. The van der Waals surface area contributed by atoms with Crippen molar-refractivity contribution in [1.29, 1.82) is 0 Å². The lowest BCUT2D eigenvalue weighted by atomic mass is 9.94. The predicted octanol–water partition coefficient (Wildman–Crippen LogP) is 4.96. The minimum atomic E-state index is -0.460. The number of phenolic OH excluding ortho intramolecular Hbond substituents is 1. The van der Waals surface area contributed by atoms with E-state index in [1.807, 2.05) is 0 Å². The maximum absolute atomic E-state index is 10.8. The van der Waals surface area contributed by atoms with Gasteiger partial charge in [0.15, 0.2) is 0 Å². The summed E-state index contributed by atoms with van der Waals surface area (Å²) in [5.74, 6) is 0.399. The number of hydrogen-bond donors (Lipinski definition) is 2. The highest BCUT2D eigenvalue weighted by Crippen LogP contribution is 2.46. The quantitative estimate of drug-likeness (QED) is 0.684. The van der Waals surface area contributed by atoms with Crippen LogP contribution < -0.4 is 0 Å². The van der Waals surface area contributed by atoms with Gasteiger partial charge in [-0.3, -0.25) is 4.99 Å². The average Bonchev–Trinajstić information content (AvgIpc) is 2.50. The van der Waals surface area contributed by atoms with Crippen molar-refractivity contribution in [3.63, 3.8) is 0 Å². The van der Waals surface area contributed by atoms with Crippen LogP contribution in [-0.2, 0) is 6.42 Å². The highest BCUT2D eigenvalue weighted by Gasteiger charge is 2.32. The molecule has 1 heterocycles. The van der Waals surface area contributed by atoms with Crippen molar-refractivity contribution in [3.8, 4) is 5.75 Å². The second kappa shape index (κ2) is 8.39. The summed E-state index contributed by atoms with van der Waals surface area (Å²) in [6, 6.07) is 4.20. The van der Waals surface area contributed by atoms with Crippen LogP contribution in [-0.4, -0.2) is 33.3 Å². The van der Waals surface area contributed by atoms with Crippen molar-refractivity contribution in [2.45, 2.75) is 82.0 Å². The summed E-state index contributed by atoms with van der Waals surface area (Å²) in [6.07, 6.45) is 6.05. The molecule has 0 bridgehead atoms. The van der Waals surface area contributed by atoms with Gasteiger partial charge in [0.2, 0.25) is 0 Å². The molecule has 0 spiro atoms. The number of unbranched alkanes of at least 4 members (excludes halogenated alkanes) is 3. The van der Waals surface area contributed by atoms with E-state index >= 15 is 0 Å². The summed E-state index contributed by atoms with van der Waals surface area (Å²) in [4.78, 5) is 5.73. The third kappa shape index (κ3) is 5.00. The number of aliphatic imine (C=N–C) groups is 1. The van der Waals surface area contributed by atoms with Crippen molar-refractivity contribution in [1.82, 2.24) is 0 Å². The summed E-state index contributed by atoms with van der Waals surface area (Å²) < 4.78 is 0.0552. The van der Waals surface area contributed by atoms with Crippen molar-refractivity contribution in [2.24, 2.45) is 4.99 Å². The third-order valence-electron chi connectivity index (χ3n) is 4.34. The molecule has 2 N–H and O–H groups in total. The molecule has 0 saturated heterocycles. The lowest BCUT2D eigenvalue weighted by molar-refractivity contribution is 0.204. The highest BCUT2D eigenvalue weighted by atomic mass is 32.2. The molecule has 0 aliphatic carbocycles. The Labute approximate surface area is 150 Å². The van der Waals surface area contributed by atoms with Gasteiger partial charge in [0.05, 0.1) is 18.2 Å². The molecule has 3 nitrogen and oxygen atoms in total. The van der Waals surface area contributed by atoms with Crippen molar-refractivity contribution in [3.05, 3.63) is 23.3 Å². The fraction of sp³-hybridized carbons (Fsp3) is 0.650. The maximum atomic E-state index is 10.8. The molecule has 1 aliphatic heterocycles. The monoisotopic (exact) mass is 349 g/mol. The number of rotatable bonds is 7. The van der Waals surface area contributed by atoms with E-state index in [1.54, 1.807) is 18.7 Å².